The number of aliphatic hydroxyl groups excluding tert-OH is 2. The van der Waals surface area contributed by atoms with Crippen molar-refractivity contribution in [1.29, 1.82) is 0 Å². The quantitative estimate of drug-likeness (QED) is 0.137. The monoisotopic (exact) mass is 1480 g/mol. The van der Waals surface area contributed by atoms with Crippen molar-refractivity contribution < 1.29 is 63.2 Å². The van der Waals surface area contributed by atoms with Crippen LogP contribution in [0.1, 0.15) is 341 Å². The van der Waals surface area contributed by atoms with Gasteiger partial charge in [-0.3, -0.25) is 19.2 Å². The minimum atomic E-state index is -0.207. The summed E-state index contributed by atoms with van der Waals surface area (Å²) in [4.78, 5) is 49.5. The van der Waals surface area contributed by atoms with E-state index in [1.807, 2.05) is 0 Å². The molecule has 26 atom stereocenters. The van der Waals surface area contributed by atoms with E-state index in [0.717, 1.165) is 89.9 Å². The Hall–Kier alpha value is -2.54. The third-order valence-corrected chi connectivity index (χ3v) is 39.4. The van der Waals surface area contributed by atoms with Crippen molar-refractivity contribution >= 4 is 23.5 Å². The minimum absolute atomic E-state index is 0. The van der Waals surface area contributed by atoms with Crippen molar-refractivity contribution in [2.24, 2.45) is 158 Å². The van der Waals surface area contributed by atoms with Gasteiger partial charge < -0.3 is 25.2 Å². The average Bonchev–Trinajstić information content (AvgIpc) is 1.59. The first kappa shape index (κ1) is 90.0. The Bertz CT molecular complexity index is 3480. The van der Waals surface area contributed by atoms with Gasteiger partial charge in [-0.1, -0.05) is 186 Å². The van der Waals surface area contributed by atoms with Crippen molar-refractivity contribution in [2.45, 2.75) is 347 Å². The Morgan fingerprint density at radius 1 is 0.430 bits per heavy atom. The molecule has 15 rings (SSSR count). The van der Waals surface area contributed by atoms with Crippen LogP contribution in [0.4, 0.5) is 0 Å². The number of ether oxygens (including phenoxy) is 2. The van der Waals surface area contributed by atoms with Crippen molar-refractivity contribution in [3.8, 4) is 0 Å². The van der Waals surface area contributed by atoms with Gasteiger partial charge in [-0.25, -0.2) is 0 Å². The van der Waals surface area contributed by atoms with E-state index in [1.165, 1.54) is 107 Å². The maximum absolute atomic E-state index is 13.0. The molecule has 602 valence electrons. The Labute approximate surface area is 667 Å². The van der Waals surface area contributed by atoms with Gasteiger partial charge in [0.2, 0.25) is 0 Å². The van der Waals surface area contributed by atoms with Gasteiger partial charge in [-0.05, 0) is 324 Å². The predicted octanol–water partition coefficient (Wildman–Crippen LogP) is 21.1. The standard InChI is InChI=1S/C32H50O3.C32H48O3.C30H48O2.3CH4.Li.H2O/c2*1-20(2)22-11-16-32(19-35-21(3)33)18-17-30(7)23(27(22)32)9-10-25-29(6)14-13-26(34)28(4,5)24(29)12-15-31(25,30)8;1-19(2)20-10-15-30(18-31)17-16-28(6)21(25(20)30)8-9-23-27(5)13-12-24(32)26(3,4)22(27)11-14-29(23,28)7;;;;;/h9,22,24-27,34H,1,10-19H2,2-8H3;9,22,24-25,27H,1,10-19H2,2-8H3;20-23,25,31H,1,8-18H2,2-7H3;3*1H4;;1H2/q;;;;;;+1;/p-1/t22-,24?,25?,26-,27?,29-,30+,31+,32+;22-,24?,25?,27?,29-,30+,31+,32+;20-,21?,22?,23?,25?,27-,28+,29+,30+;;;;;/m000...../s1. The number of Topliss-reactive ketones (excluding diaryl/α,β-unsaturated/α-hetero) is 2. The van der Waals surface area contributed by atoms with Gasteiger partial charge in [0.05, 0.1) is 19.3 Å². The van der Waals surface area contributed by atoms with E-state index >= 15 is 0 Å². The first-order valence-corrected chi connectivity index (χ1v) is 42.3. The Balaban J connectivity index is 0.000000198. The molecule has 13 fully saturated rings. The molecule has 13 saturated carbocycles. The number of ketones is 2. The zero-order valence-electron chi connectivity index (χ0n) is 70.1. The molecule has 107 heavy (non-hydrogen) atoms. The molecule has 0 radical (unpaired) electrons. The van der Waals surface area contributed by atoms with E-state index in [1.54, 1.807) is 25.0 Å². The second kappa shape index (κ2) is 29.6. The summed E-state index contributed by atoms with van der Waals surface area (Å²) in [5.74, 6) is 8.00. The molecular weight excluding hydrogens is 1320 g/mol. The Kier molecular flexibility index (Phi) is 24.9. The minimum Gasteiger partial charge on any atom is -0.870 e. The zero-order chi connectivity index (χ0) is 74.5. The van der Waals surface area contributed by atoms with Crippen LogP contribution in [0.25, 0.3) is 0 Å². The van der Waals surface area contributed by atoms with Gasteiger partial charge in [0.25, 0.3) is 0 Å². The van der Waals surface area contributed by atoms with Crippen molar-refractivity contribution in [3.05, 3.63) is 59.8 Å². The molecule has 0 amide bonds. The summed E-state index contributed by atoms with van der Waals surface area (Å²) in [6, 6.07) is 0. The van der Waals surface area contributed by atoms with Gasteiger partial charge in [0.1, 0.15) is 11.6 Å². The average molecular weight is 1480 g/mol. The number of rotatable bonds is 8. The van der Waals surface area contributed by atoms with Crippen LogP contribution in [0.5, 0.6) is 0 Å². The second-order valence-corrected chi connectivity index (χ2v) is 43.7. The molecule has 9 nitrogen and oxygen atoms in total. The summed E-state index contributed by atoms with van der Waals surface area (Å²) in [6.45, 7) is 61.6. The molecule has 15 aliphatic rings. The first-order valence-electron chi connectivity index (χ1n) is 42.3. The number of carbonyl (C=O) groups excluding carboxylic acids is 4. The molecule has 0 bridgehead atoms. The molecule has 0 aromatic carbocycles. The summed E-state index contributed by atoms with van der Waals surface area (Å²) in [7, 11) is 0. The normalized spacial score (nSPS) is 48.4. The van der Waals surface area contributed by atoms with Crippen LogP contribution < -0.4 is 18.9 Å². The molecule has 0 heterocycles. The van der Waals surface area contributed by atoms with Crippen LogP contribution in [-0.2, 0) is 28.7 Å². The largest absolute Gasteiger partial charge is 1.00 e. The van der Waals surface area contributed by atoms with E-state index in [9.17, 15) is 29.4 Å². The van der Waals surface area contributed by atoms with Crippen molar-refractivity contribution in [2.75, 3.05) is 19.8 Å². The molecular formula is C97H159LiO9. The number of allylic oxidation sites excluding steroid dienone is 7. The summed E-state index contributed by atoms with van der Waals surface area (Å²) in [5.41, 5.74) is 9.42. The SMILES string of the molecule is C.C.C.C=C(C)[C@@H]1CC[C@]2(CO)CC[C@]3(C)C(CCC4[C@@]5(C)CCC(=O)C(C)(C)C5CC[C@]43C)C12.C=C(C)[C@@H]1CC[C@]2(COC(C)=O)CC[C@]3(C)C(=CCC4[C@@]5(C)CCC(=O)C(C)(C)C5CC[C@]43C)C12.C=C(C)[C@@H]1CC[C@]2(COC(C)=O)CC[C@]3(C)C(=CCC4[C@@]5(C)CC[C@H](O)C(C)(C)C5CC[C@]43C)C12.[Li+].[OH-]. The fourth-order valence-electron chi connectivity index (χ4n) is 33.1. The van der Waals surface area contributed by atoms with Gasteiger partial charge in [0, 0.05) is 55.0 Å². The third kappa shape index (κ3) is 12.5. The van der Waals surface area contributed by atoms with Crippen LogP contribution in [0.2, 0.25) is 0 Å². The number of esters is 2. The first-order chi connectivity index (χ1) is 47.3. The number of hydrogen-bond acceptors (Lipinski definition) is 9. The summed E-state index contributed by atoms with van der Waals surface area (Å²) < 4.78 is 11.5. The van der Waals surface area contributed by atoms with E-state index in [0.29, 0.717) is 119 Å². The topological polar surface area (TPSA) is 157 Å². The number of aliphatic hydroxyl groups is 2. The maximum Gasteiger partial charge on any atom is 1.00 e. The van der Waals surface area contributed by atoms with Crippen LogP contribution >= 0.6 is 0 Å². The van der Waals surface area contributed by atoms with E-state index < -0.39 is 0 Å². The second-order valence-electron chi connectivity index (χ2n) is 43.7. The predicted molar refractivity (Wildman–Crippen MR) is 435 cm³/mol. The van der Waals surface area contributed by atoms with Crippen LogP contribution in [0, 0.1) is 158 Å². The summed E-state index contributed by atoms with van der Waals surface area (Å²) in [5, 5.41) is 21.6. The molecule has 0 spiro atoms. The van der Waals surface area contributed by atoms with E-state index in [4.69, 9.17) is 9.47 Å². The summed E-state index contributed by atoms with van der Waals surface area (Å²) >= 11 is 0. The number of fused-ring (bicyclic) bond motifs is 21. The summed E-state index contributed by atoms with van der Waals surface area (Å²) in [6.07, 6.45) is 37.3. The van der Waals surface area contributed by atoms with E-state index in [-0.39, 0.29) is 135 Å². The molecule has 15 aliphatic carbocycles. The molecule has 0 saturated heterocycles. The zero-order valence-corrected chi connectivity index (χ0v) is 70.1. The van der Waals surface area contributed by atoms with Gasteiger partial charge >= 0.3 is 30.8 Å². The molecule has 10 heteroatoms. The van der Waals surface area contributed by atoms with Crippen LogP contribution in [-0.4, -0.2) is 65.1 Å². The Morgan fingerprint density at radius 2 is 0.813 bits per heavy atom. The van der Waals surface area contributed by atoms with Crippen LogP contribution in [0.3, 0.4) is 0 Å². The Morgan fingerprint density at radius 3 is 1.23 bits per heavy atom. The smallest absolute Gasteiger partial charge is 0.870 e. The van der Waals surface area contributed by atoms with Crippen LogP contribution in [0.15, 0.2) is 59.8 Å². The van der Waals surface area contributed by atoms with Crippen molar-refractivity contribution in [3.63, 3.8) is 0 Å². The molecule has 10 unspecified atom stereocenters. The fraction of sp³-hybridized carbons (Fsp3) is 0.856. The van der Waals surface area contributed by atoms with Gasteiger partial charge in [-0.2, -0.15) is 0 Å². The van der Waals surface area contributed by atoms with E-state index in [2.05, 4.69) is 157 Å². The number of carbonyl (C=O) groups is 4. The fourth-order valence-corrected chi connectivity index (χ4v) is 33.1. The molecule has 0 aliphatic heterocycles. The van der Waals surface area contributed by atoms with Gasteiger partial charge in [0.15, 0.2) is 0 Å². The number of hydrogen-bond donors (Lipinski definition) is 2. The maximum atomic E-state index is 13.0. The van der Waals surface area contributed by atoms with Crippen molar-refractivity contribution in [1.82, 2.24) is 0 Å². The third-order valence-electron chi connectivity index (χ3n) is 39.4. The van der Waals surface area contributed by atoms with Gasteiger partial charge in [-0.15, -0.1) is 0 Å². The molecule has 0 aromatic heterocycles. The molecule has 0 aromatic rings. The molecule has 3 N–H and O–H groups in total.